The van der Waals surface area contributed by atoms with E-state index in [1.54, 1.807) is 12.1 Å². The number of carbonyl (C=O) groups excluding carboxylic acids is 1. The van der Waals surface area contributed by atoms with E-state index >= 15 is 0 Å². The standard InChI is InChI=1S/C12H18N4O4/c1-2-6-14-8-4-3-5-9(11(8)16(19)20)15-7-10(17)12(13)18/h3-5,10,14-15,17H,2,6-7H2,1H3,(H2,13,18). The third kappa shape index (κ3) is 4.09. The summed E-state index contributed by atoms with van der Waals surface area (Å²) in [5.74, 6) is -0.889. The fourth-order valence-corrected chi connectivity index (χ4v) is 1.59. The number of nitro groups is 1. The predicted octanol–water partition coefficient (Wildman–Crippen LogP) is 0.675. The Bertz CT molecular complexity index is 492. The second-order valence-electron chi connectivity index (χ2n) is 4.18. The number of carbonyl (C=O) groups is 1. The lowest BCUT2D eigenvalue weighted by Gasteiger charge is -2.12. The predicted molar refractivity (Wildman–Crippen MR) is 75.6 cm³/mol. The number of hydrogen-bond acceptors (Lipinski definition) is 6. The number of nitrogens with two attached hydrogens (primary N) is 1. The maximum atomic E-state index is 11.2. The number of primary amides is 1. The van der Waals surface area contributed by atoms with Gasteiger partial charge in [-0.15, -0.1) is 0 Å². The van der Waals surface area contributed by atoms with E-state index in [0.29, 0.717) is 12.2 Å². The number of nitro benzene ring substituents is 1. The molecule has 0 saturated heterocycles. The second kappa shape index (κ2) is 7.29. The number of hydrogen-bond donors (Lipinski definition) is 4. The summed E-state index contributed by atoms with van der Waals surface area (Å²) >= 11 is 0. The van der Waals surface area contributed by atoms with Crippen LogP contribution >= 0.6 is 0 Å². The Balaban J connectivity index is 2.94. The van der Waals surface area contributed by atoms with Crippen molar-refractivity contribution >= 4 is 23.0 Å². The first-order valence-electron chi connectivity index (χ1n) is 6.19. The zero-order valence-corrected chi connectivity index (χ0v) is 11.1. The van der Waals surface area contributed by atoms with Crippen LogP contribution < -0.4 is 16.4 Å². The lowest BCUT2D eigenvalue weighted by molar-refractivity contribution is -0.383. The van der Waals surface area contributed by atoms with Crippen LogP contribution in [0.4, 0.5) is 17.1 Å². The second-order valence-corrected chi connectivity index (χ2v) is 4.18. The highest BCUT2D eigenvalue weighted by Gasteiger charge is 2.20. The molecule has 0 radical (unpaired) electrons. The van der Waals surface area contributed by atoms with Crippen LogP contribution in [0.15, 0.2) is 18.2 Å². The van der Waals surface area contributed by atoms with Crippen LogP contribution in [-0.2, 0) is 4.79 Å². The van der Waals surface area contributed by atoms with Gasteiger partial charge in [0.2, 0.25) is 5.91 Å². The van der Waals surface area contributed by atoms with E-state index in [1.165, 1.54) is 6.07 Å². The zero-order valence-electron chi connectivity index (χ0n) is 11.1. The topological polar surface area (TPSA) is 131 Å². The molecule has 0 spiro atoms. The molecule has 5 N–H and O–H groups in total. The molecule has 1 unspecified atom stereocenters. The molecule has 20 heavy (non-hydrogen) atoms. The summed E-state index contributed by atoms with van der Waals surface area (Å²) in [6.07, 6.45) is -0.572. The number of aliphatic hydroxyl groups is 1. The summed E-state index contributed by atoms with van der Waals surface area (Å²) in [6.45, 7) is 2.37. The number of rotatable bonds is 8. The Morgan fingerprint density at radius 1 is 1.45 bits per heavy atom. The Morgan fingerprint density at radius 3 is 2.55 bits per heavy atom. The van der Waals surface area contributed by atoms with Crippen LogP contribution in [0.1, 0.15) is 13.3 Å². The van der Waals surface area contributed by atoms with Gasteiger partial charge >= 0.3 is 5.69 Å². The van der Waals surface area contributed by atoms with Crippen LogP contribution in [0.5, 0.6) is 0 Å². The molecule has 0 bridgehead atoms. The number of nitrogens with one attached hydrogen (secondary N) is 2. The first kappa shape index (κ1) is 15.7. The molecule has 1 aromatic carbocycles. The summed E-state index contributed by atoms with van der Waals surface area (Å²) in [4.78, 5) is 21.4. The summed E-state index contributed by atoms with van der Waals surface area (Å²) in [5, 5.41) is 26.1. The van der Waals surface area contributed by atoms with Gasteiger partial charge in [0, 0.05) is 6.54 Å². The summed E-state index contributed by atoms with van der Waals surface area (Å²) in [7, 11) is 0. The zero-order chi connectivity index (χ0) is 15.1. The Labute approximate surface area is 116 Å². The van der Waals surface area contributed by atoms with Gasteiger partial charge in [-0.05, 0) is 18.6 Å². The maximum absolute atomic E-state index is 11.2. The van der Waals surface area contributed by atoms with Crippen molar-refractivity contribution in [2.45, 2.75) is 19.4 Å². The van der Waals surface area contributed by atoms with Gasteiger partial charge in [-0.25, -0.2) is 0 Å². The van der Waals surface area contributed by atoms with Crippen molar-refractivity contribution in [2.75, 3.05) is 23.7 Å². The van der Waals surface area contributed by atoms with E-state index in [0.717, 1.165) is 6.42 Å². The average Bonchev–Trinajstić information content (AvgIpc) is 2.41. The van der Waals surface area contributed by atoms with Crippen LogP contribution in [0, 0.1) is 10.1 Å². The molecule has 8 nitrogen and oxygen atoms in total. The molecule has 0 aliphatic carbocycles. The Kier molecular flexibility index (Phi) is 5.73. The minimum atomic E-state index is -1.40. The lowest BCUT2D eigenvalue weighted by atomic mass is 10.2. The highest BCUT2D eigenvalue weighted by molar-refractivity contribution is 5.80. The van der Waals surface area contributed by atoms with E-state index < -0.39 is 16.9 Å². The lowest BCUT2D eigenvalue weighted by Crippen LogP contribution is -2.34. The third-order valence-corrected chi connectivity index (χ3v) is 2.60. The first-order chi connectivity index (χ1) is 9.47. The monoisotopic (exact) mass is 282 g/mol. The maximum Gasteiger partial charge on any atom is 0.315 e. The van der Waals surface area contributed by atoms with Gasteiger partial charge in [-0.2, -0.15) is 0 Å². The van der Waals surface area contributed by atoms with Gasteiger partial charge < -0.3 is 21.5 Å². The highest BCUT2D eigenvalue weighted by Crippen LogP contribution is 2.32. The van der Waals surface area contributed by atoms with Gasteiger partial charge in [-0.3, -0.25) is 14.9 Å². The molecule has 0 aliphatic heterocycles. The SMILES string of the molecule is CCCNc1cccc(NCC(O)C(N)=O)c1[N+](=O)[O-]. The van der Waals surface area contributed by atoms with E-state index in [2.05, 4.69) is 10.6 Å². The minimum Gasteiger partial charge on any atom is -0.381 e. The fourth-order valence-electron chi connectivity index (χ4n) is 1.59. The molecule has 0 fully saturated rings. The van der Waals surface area contributed by atoms with Crippen molar-refractivity contribution < 1.29 is 14.8 Å². The van der Waals surface area contributed by atoms with Crippen LogP contribution in [0.2, 0.25) is 0 Å². The number of amides is 1. The molecule has 1 aromatic rings. The van der Waals surface area contributed by atoms with Gasteiger partial charge in [0.25, 0.3) is 0 Å². The van der Waals surface area contributed by atoms with Gasteiger partial charge in [-0.1, -0.05) is 13.0 Å². The number of aliphatic hydroxyl groups excluding tert-OH is 1. The van der Waals surface area contributed by atoms with E-state index in [9.17, 15) is 20.0 Å². The molecular formula is C12H18N4O4. The number of para-hydroxylation sites is 1. The normalized spacial score (nSPS) is 11.7. The van der Waals surface area contributed by atoms with Crippen molar-refractivity contribution in [3.8, 4) is 0 Å². The molecule has 1 rings (SSSR count). The van der Waals surface area contributed by atoms with Crippen molar-refractivity contribution in [1.82, 2.24) is 0 Å². The van der Waals surface area contributed by atoms with Crippen molar-refractivity contribution in [1.29, 1.82) is 0 Å². The Hall–Kier alpha value is -2.35. The number of nitrogens with zero attached hydrogens (tertiary/aromatic N) is 1. The van der Waals surface area contributed by atoms with E-state index in [4.69, 9.17) is 5.73 Å². The number of benzene rings is 1. The molecule has 1 atom stereocenters. The Morgan fingerprint density at radius 2 is 2.05 bits per heavy atom. The minimum absolute atomic E-state index is 0.127. The molecule has 0 aromatic heterocycles. The quantitative estimate of drug-likeness (QED) is 0.409. The van der Waals surface area contributed by atoms with Crippen molar-refractivity contribution in [3.63, 3.8) is 0 Å². The van der Waals surface area contributed by atoms with Crippen molar-refractivity contribution in [3.05, 3.63) is 28.3 Å². The van der Waals surface area contributed by atoms with Crippen molar-refractivity contribution in [2.24, 2.45) is 5.73 Å². The number of anilines is 2. The van der Waals surface area contributed by atoms with Gasteiger partial charge in [0.1, 0.15) is 17.5 Å². The smallest absolute Gasteiger partial charge is 0.315 e. The molecule has 8 heteroatoms. The van der Waals surface area contributed by atoms with Crippen LogP contribution in [0.3, 0.4) is 0 Å². The van der Waals surface area contributed by atoms with Crippen LogP contribution in [-0.4, -0.2) is 35.1 Å². The molecule has 110 valence electrons. The largest absolute Gasteiger partial charge is 0.381 e. The highest BCUT2D eigenvalue weighted by atomic mass is 16.6. The molecule has 0 aliphatic rings. The molecule has 1 amide bonds. The molecular weight excluding hydrogens is 264 g/mol. The van der Waals surface area contributed by atoms with Gasteiger partial charge in [0.15, 0.2) is 0 Å². The summed E-state index contributed by atoms with van der Waals surface area (Å²) < 4.78 is 0. The first-order valence-corrected chi connectivity index (χ1v) is 6.19. The summed E-state index contributed by atoms with van der Waals surface area (Å²) in [5.41, 5.74) is 5.39. The molecule has 0 heterocycles. The molecule has 0 saturated carbocycles. The third-order valence-electron chi connectivity index (χ3n) is 2.60. The van der Waals surface area contributed by atoms with Gasteiger partial charge in [0.05, 0.1) is 11.5 Å². The van der Waals surface area contributed by atoms with E-state index in [-0.39, 0.29) is 17.9 Å². The van der Waals surface area contributed by atoms with Crippen LogP contribution in [0.25, 0.3) is 0 Å². The fraction of sp³-hybridized carbons (Fsp3) is 0.417. The van der Waals surface area contributed by atoms with E-state index in [1.807, 2.05) is 6.92 Å². The average molecular weight is 282 g/mol. The summed E-state index contributed by atoms with van der Waals surface area (Å²) in [6, 6.07) is 4.75.